The van der Waals surface area contributed by atoms with Crippen LogP contribution in [0.4, 0.5) is 10.5 Å². The highest BCUT2D eigenvalue weighted by Crippen LogP contribution is 2.25. The molecule has 0 bridgehead atoms. The Morgan fingerprint density at radius 3 is 2.50 bits per heavy atom. The van der Waals surface area contributed by atoms with E-state index in [4.69, 9.17) is 4.84 Å². The average molecular weight is 429 g/mol. The van der Waals surface area contributed by atoms with E-state index in [1.807, 2.05) is 47.8 Å². The maximum absolute atomic E-state index is 12.3. The Morgan fingerprint density at radius 2 is 1.87 bits per heavy atom. The minimum absolute atomic E-state index is 0.0277. The van der Waals surface area contributed by atoms with E-state index < -0.39 is 0 Å². The van der Waals surface area contributed by atoms with E-state index in [9.17, 15) is 9.59 Å². The molecular formula is C22H28N4O3S. The van der Waals surface area contributed by atoms with Crippen molar-refractivity contribution in [3.05, 3.63) is 52.7 Å². The van der Waals surface area contributed by atoms with Crippen molar-refractivity contribution in [1.29, 1.82) is 0 Å². The number of urea groups is 1. The fourth-order valence-corrected chi connectivity index (χ4v) is 4.16. The maximum atomic E-state index is 12.3. The van der Waals surface area contributed by atoms with Gasteiger partial charge >= 0.3 is 6.03 Å². The number of piperidine rings is 1. The van der Waals surface area contributed by atoms with Gasteiger partial charge in [-0.15, -0.1) is 11.3 Å². The normalized spacial score (nSPS) is 14.9. The van der Waals surface area contributed by atoms with Gasteiger partial charge in [-0.3, -0.25) is 4.79 Å². The summed E-state index contributed by atoms with van der Waals surface area (Å²) < 4.78 is 0. The first-order chi connectivity index (χ1) is 14.5. The quantitative estimate of drug-likeness (QED) is 0.647. The summed E-state index contributed by atoms with van der Waals surface area (Å²) in [4.78, 5) is 32.7. The molecule has 2 heterocycles. The first-order valence-electron chi connectivity index (χ1n) is 10.1. The van der Waals surface area contributed by atoms with Gasteiger partial charge in [0, 0.05) is 36.5 Å². The summed E-state index contributed by atoms with van der Waals surface area (Å²) in [6.45, 7) is 5.18. The molecule has 3 amide bonds. The lowest BCUT2D eigenvalue weighted by molar-refractivity contribution is -0.126. The van der Waals surface area contributed by atoms with Gasteiger partial charge in [0.15, 0.2) is 6.61 Å². The van der Waals surface area contributed by atoms with Crippen molar-refractivity contribution in [2.45, 2.75) is 32.7 Å². The number of nitrogens with one attached hydrogen (secondary N) is 2. The number of amides is 3. The molecule has 1 fully saturated rings. The van der Waals surface area contributed by atoms with Crippen LogP contribution in [0.3, 0.4) is 0 Å². The first kappa shape index (κ1) is 21.8. The Morgan fingerprint density at radius 1 is 1.13 bits per heavy atom. The highest BCUT2D eigenvalue weighted by molar-refractivity contribution is 7.10. The molecule has 0 aliphatic carbocycles. The number of anilines is 1. The molecule has 7 nitrogen and oxygen atoms in total. The number of hydrogen-bond acceptors (Lipinski definition) is 5. The number of carbonyl (C=O) groups excluding carboxylic acids is 2. The van der Waals surface area contributed by atoms with Gasteiger partial charge in [0.25, 0.3) is 5.91 Å². The number of carbonyl (C=O) groups is 2. The second-order valence-electron chi connectivity index (χ2n) is 7.52. The predicted octanol–water partition coefficient (Wildman–Crippen LogP) is 4.26. The number of thiophene rings is 1. The van der Waals surface area contributed by atoms with E-state index in [1.54, 1.807) is 16.2 Å². The van der Waals surface area contributed by atoms with Crippen molar-refractivity contribution in [1.82, 2.24) is 10.2 Å². The topological polar surface area (TPSA) is 83.0 Å². The molecule has 8 heteroatoms. The fourth-order valence-electron chi connectivity index (χ4n) is 3.22. The maximum Gasteiger partial charge on any atom is 0.321 e. The predicted molar refractivity (Wildman–Crippen MR) is 120 cm³/mol. The number of rotatable bonds is 7. The van der Waals surface area contributed by atoms with Crippen molar-refractivity contribution in [3.8, 4) is 0 Å². The van der Waals surface area contributed by atoms with Crippen LogP contribution in [0.15, 0.2) is 53.0 Å². The van der Waals surface area contributed by atoms with Crippen LogP contribution in [0.25, 0.3) is 0 Å². The molecule has 1 unspecified atom stereocenters. The number of hydrogen-bond donors (Lipinski definition) is 2. The summed E-state index contributed by atoms with van der Waals surface area (Å²) in [6, 6.07) is 13.3. The Hall–Kier alpha value is -2.87. The molecule has 2 N–H and O–H groups in total. The smallest absolute Gasteiger partial charge is 0.321 e. The summed E-state index contributed by atoms with van der Waals surface area (Å²) in [7, 11) is 0. The van der Waals surface area contributed by atoms with Crippen LogP contribution in [0, 0.1) is 5.92 Å². The monoisotopic (exact) mass is 428 g/mol. The third-order valence-corrected chi connectivity index (χ3v) is 5.83. The van der Waals surface area contributed by atoms with Gasteiger partial charge in [-0.25, -0.2) is 4.79 Å². The van der Waals surface area contributed by atoms with Gasteiger partial charge in [0.2, 0.25) is 0 Å². The van der Waals surface area contributed by atoms with Crippen LogP contribution >= 0.6 is 11.3 Å². The molecule has 0 spiro atoms. The van der Waals surface area contributed by atoms with Gasteiger partial charge in [-0.05, 0) is 29.5 Å². The zero-order valence-corrected chi connectivity index (χ0v) is 18.2. The third kappa shape index (κ3) is 6.32. The SMILES string of the molecule is CC(C)C(NC(=O)CON=C1CCN(C(=O)Nc2ccccc2)CC1)c1cccs1. The molecule has 1 atom stereocenters. The van der Waals surface area contributed by atoms with Crippen molar-refractivity contribution in [2.24, 2.45) is 11.1 Å². The van der Waals surface area contributed by atoms with Crippen molar-refractivity contribution >= 4 is 34.7 Å². The van der Waals surface area contributed by atoms with E-state index >= 15 is 0 Å². The summed E-state index contributed by atoms with van der Waals surface area (Å²) in [6.07, 6.45) is 1.27. The largest absolute Gasteiger partial charge is 0.386 e. The van der Waals surface area contributed by atoms with Crippen LogP contribution in [0.2, 0.25) is 0 Å². The van der Waals surface area contributed by atoms with E-state index in [-0.39, 0.29) is 30.5 Å². The second-order valence-corrected chi connectivity index (χ2v) is 8.50. The molecule has 1 aromatic heterocycles. The lowest BCUT2D eigenvalue weighted by Gasteiger charge is -2.27. The molecule has 1 aliphatic rings. The van der Waals surface area contributed by atoms with Crippen LogP contribution in [0.1, 0.15) is 37.6 Å². The minimum atomic E-state index is -0.189. The molecule has 160 valence electrons. The number of likely N-dealkylation sites (tertiary alicyclic amines) is 1. The van der Waals surface area contributed by atoms with Crippen LogP contribution in [0.5, 0.6) is 0 Å². The molecule has 0 radical (unpaired) electrons. The summed E-state index contributed by atoms with van der Waals surface area (Å²) >= 11 is 1.63. The van der Waals surface area contributed by atoms with Crippen molar-refractivity contribution < 1.29 is 14.4 Å². The van der Waals surface area contributed by atoms with E-state index in [1.165, 1.54) is 0 Å². The van der Waals surface area contributed by atoms with Gasteiger partial charge in [-0.1, -0.05) is 43.3 Å². The Bertz CT molecular complexity index is 843. The number of para-hydroxylation sites is 1. The molecular weight excluding hydrogens is 400 g/mol. The van der Waals surface area contributed by atoms with E-state index in [0.717, 1.165) is 16.3 Å². The summed E-state index contributed by atoms with van der Waals surface area (Å²) in [5.41, 5.74) is 1.64. The van der Waals surface area contributed by atoms with Gasteiger partial charge in [0.1, 0.15) is 0 Å². The zero-order valence-electron chi connectivity index (χ0n) is 17.3. The first-order valence-corrected chi connectivity index (χ1v) is 11.0. The number of nitrogens with zero attached hydrogens (tertiary/aromatic N) is 2. The van der Waals surface area contributed by atoms with E-state index in [2.05, 4.69) is 29.6 Å². The molecule has 1 aliphatic heterocycles. The van der Waals surface area contributed by atoms with Crippen molar-refractivity contribution in [2.75, 3.05) is 25.0 Å². The standard InChI is InChI=1S/C22H28N4O3S/c1-16(2)21(19-9-6-14-30-19)24-20(27)15-29-25-18-10-12-26(13-11-18)22(28)23-17-7-4-3-5-8-17/h3-9,14,16,21H,10-13,15H2,1-2H3,(H,23,28)(H,24,27). The number of oxime groups is 1. The van der Waals surface area contributed by atoms with Gasteiger partial charge in [-0.2, -0.15) is 0 Å². The molecule has 3 rings (SSSR count). The third-order valence-electron chi connectivity index (χ3n) is 4.88. The summed E-state index contributed by atoms with van der Waals surface area (Å²) in [5, 5.41) is 12.0. The van der Waals surface area contributed by atoms with Gasteiger partial charge < -0.3 is 20.4 Å². The lowest BCUT2D eigenvalue weighted by Crippen LogP contribution is -2.41. The Labute approximate surface area is 181 Å². The van der Waals surface area contributed by atoms with Crippen molar-refractivity contribution in [3.63, 3.8) is 0 Å². The van der Waals surface area contributed by atoms with Gasteiger partial charge in [0.05, 0.1) is 11.8 Å². The Kier molecular flexibility index (Phi) is 7.84. The zero-order chi connectivity index (χ0) is 21.3. The average Bonchev–Trinajstić information content (AvgIpc) is 3.27. The van der Waals surface area contributed by atoms with E-state index in [0.29, 0.717) is 25.9 Å². The molecule has 30 heavy (non-hydrogen) atoms. The van der Waals surface area contributed by atoms with Crippen LogP contribution in [-0.2, 0) is 9.63 Å². The highest BCUT2D eigenvalue weighted by Gasteiger charge is 2.21. The Balaban J connectivity index is 1.40. The molecule has 1 saturated heterocycles. The number of benzene rings is 1. The van der Waals surface area contributed by atoms with Crippen LogP contribution < -0.4 is 10.6 Å². The molecule has 2 aromatic rings. The summed E-state index contributed by atoms with van der Waals surface area (Å²) in [5.74, 6) is 0.0939. The molecule has 1 aromatic carbocycles. The van der Waals surface area contributed by atoms with Crippen LogP contribution in [-0.4, -0.2) is 42.2 Å². The second kappa shape index (κ2) is 10.8. The highest BCUT2D eigenvalue weighted by atomic mass is 32.1. The molecule has 0 saturated carbocycles. The fraction of sp³-hybridized carbons (Fsp3) is 0.409. The lowest BCUT2D eigenvalue weighted by atomic mass is 10.0. The minimum Gasteiger partial charge on any atom is -0.386 e.